The number of hydrogen-bond donors (Lipinski definition) is 1. The molecule has 1 N–H and O–H groups in total. The Balaban J connectivity index is 2.55. The van der Waals surface area contributed by atoms with Gasteiger partial charge in [-0.2, -0.15) is 0 Å². The average molecular weight is 346 g/mol. The second kappa shape index (κ2) is 7.32. The molecule has 0 saturated heterocycles. The summed E-state index contributed by atoms with van der Waals surface area (Å²) >= 11 is 18.3. The van der Waals surface area contributed by atoms with Crippen molar-refractivity contribution in [3.63, 3.8) is 0 Å². The Hall–Kier alpha value is -1.000. The third-order valence-electron chi connectivity index (χ3n) is 3.02. The van der Waals surface area contributed by atoms with E-state index >= 15 is 0 Å². The summed E-state index contributed by atoms with van der Waals surface area (Å²) in [6, 6.07) is 6.90. The Kier molecular flexibility index (Phi) is 5.71. The number of pyridine rings is 1. The lowest BCUT2D eigenvalue weighted by Crippen LogP contribution is -2.24. The highest BCUT2D eigenvalue weighted by molar-refractivity contribution is 6.34. The van der Waals surface area contributed by atoms with Gasteiger partial charge in [0.15, 0.2) is 0 Å². The SMILES string of the molecule is CCNC(c1cc(Cl)ccc1OC)c1ncc(Cl)cc1Cl. The molecule has 0 spiro atoms. The molecule has 2 rings (SSSR count). The third kappa shape index (κ3) is 3.80. The van der Waals surface area contributed by atoms with Gasteiger partial charge in [0, 0.05) is 16.8 Å². The Morgan fingerprint density at radius 1 is 1.19 bits per heavy atom. The van der Waals surface area contributed by atoms with Crippen LogP contribution in [-0.4, -0.2) is 18.6 Å². The minimum Gasteiger partial charge on any atom is -0.496 e. The molecule has 0 bridgehead atoms. The highest BCUT2D eigenvalue weighted by atomic mass is 35.5. The van der Waals surface area contributed by atoms with Gasteiger partial charge in [0.25, 0.3) is 0 Å². The van der Waals surface area contributed by atoms with Crippen molar-refractivity contribution in [2.75, 3.05) is 13.7 Å². The van der Waals surface area contributed by atoms with E-state index in [0.29, 0.717) is 20.8 Å². The molecule has 21 heavy (non-hydrogen) atoms. The molecule has 0 radical (unpaired) electrons. The number of methoxy groups -OCH3 is 1. The summed E-state index contributed by atoms with van der Waals surface area (Å²) in [6.07, 6.45) is 1.57. The second-order valence-electron chi connectivity index (χ2n) is 4.40. The lowest BCUT2D eigenvalue weighted by atomic mass is 10.0. The summed E-state index contributed by atoms with van der Waals surface area (Å²) in [5.74, 6) is 0.721. The molecule has 0 fully saturated rings. The van der Waals surface area contributed by atoms with Crippen LogP contribution in [0.1, 0.15) is 24.2 Å². The van der Waals surface area contributed by atoms with Crippen LogP contribution in [0.5, 0.6) is 5.75 Å². The zero-order valence-corrected chi connectivity index (χ0v) is 13.9. The van der Waals surface area contributed by atoms with Gasteiger partial charge in [-0.3, -0.25) is 4.98 Å². The molecule has 0 aliphatic heterocycles. The molecule has 0 amide bonds. The fraction of sp³-hybridized carbons (Fsp3) is 0.267. The third-order valence-corrected chi connectivity index (χ3v) is 3.77. The number of halogens is 3. The molecular weight excluding hydrogens is 331 g/mol. The fourth-order valence-electron chi connectivity index (χ4n) is 2.13. The second-order valence-corrected chi connectivity index (χ2v) is 5.68. The number of rotatable bonds is 5. The first-order chi connectivity index (χ1) is 10.1. The van der Waals surface area contributed by atoms with E-state index in [1.807, 2.05) is 19.1 Å². The van der Waals surface area contributed by atoms with E-state index in [0.717, 1.165) is 17.9 Å². The standard InChI is InChI=1S/C15H15Cl3N2O/c1-3-19-14(15-12(18)7-10(17)8-20-15)11-6-9(16)4-5-13(11)21-2/h4-8,14,19H,3H2,1-2H3. The Bertz CT molecular complexity index is 634. The van der Waals surface area contributed by atoms with E-state index in [-0.39, 0.29) is 6.04 Å². The highest BCUT2D eigenvalue weighted by Crippen LogP contribution is 2.34. The predicted molar refractivity (Wildman–Crippen MR) is 87.8 cm³/mol. The van der Waals surface area contributed by atoms with E-state index in [9.17, 15) is 0 Å². The summed E-state index contributed by atoms with van der Waals surface area (Å²) < 4.78 is 5.42. The minimum atomic E-state index is -0.228. The van der Waals surface area contributed by atoms with E-state index in [1.165, 1.54) is 0 Å². The minimum absolute atomic E-state index is 0.228. The van der Waals surface area contributed by atoms with Gasteiger partial charge in [-0.1, -0.05) is 41.7 Å². The Morgan fingerprint density at radius 3 is 2.57 bits per heavy atom. The molecular formula is C15H15Cl3N2O. The summed E-state index contributed by atoms with van der Waals surface area (Å²) in [7, 11) is 1.62. The van der Waals surface area contributed by atoms with Crippen LogP contribution in [0.2, 0.25) is 15.1 Å². The van der Waals surface area contributed by atoms with Gasteiger partial charge in [-0.15, -0.1) is 0 Å². The number of hydrogen-bond acceptors (Lipinski definition) is 3. The molecule has 1 unspecified atom stereocenters. The number of nitrogens with zero attached hydrogens (tertiary/aromatic N) is 1. The zero-order valence-electron chi connectivity index (χ0n) is 11.7. The summed E-state index contributed by atoms with van der Waals surface area (Å²) in [5, 5.41) is 4.97. The quantitative estimate of drug-likeness (QED) is 0.849. The van der Waals surface area contributed by atoms with Crippen LogP contribution < -0.4 is 10.1 Å². The molecule has 2 aromatic rings. The molecule has 112 valence electrons. The molecule has 3 nitrogen and oxygen atoms in total. The van der Waals surface area contributed by atoms with Crippen LogP contribution in [0.25, 0.3) is 0 Å². The van der Waals surface area contributed by atoms with Crippen LogP contribution in [0.4, 0.5) is 0 Å². The summed E-state index contributed by atoms with van der Waals surface area (Å²) in [5.41, 5.74) is 1.56. The smallest absolute Gasteiger partial charge is 0.124 e. The maximum absolute atomic E-state index is 6.28. The van der Waals surface area contributed by atoms with Crippen LogP contribution in [0.3, 0.4) is 0 Å². The molecule has 6 heteroatoms. The van der Waals surface area contributed by atoms with Crippen molar-refractivity contribution in [2.45, 2.75) is 13.0 Å². The van der Waals surface area contributed by atoms with Crippen LogP contribution in [0, 0.1) is 0 Å². The highest BCUT2D eigenvalue weighted by Gasteiger charge is 2.21. The number of aromatic nitrogens is 1. The van der Waals surface area contributed by atoms with Gasteiger partial charge in [0.05, 0.1) is 28.9 Å². The Morgan fingerprint density at radius 2 is 1.95 bits per heavy atom. The van der Waals surface area contributed by atoms with Crippen molar-refractivity contribution in [1.82, 2.24) is 10.3 Å². The van der Waals surface area contributed by atoms with Crippen molar-refractivity contribution in [1.29, 1.82) is 0 Å². The monoisotopic (exact) mass is 344 g/mol. The molecule has 0 saturated carbocycles. The molecule has 1 atom stereocenters. The largest absolute Gasteiger partial charge is 0.496 e. The average Bonchev–Trinajstić information content (AvgIpc) is 2.45. The van der Waals surface area contributed by atoms with Gasteiger partial charge in [0.2, 0.25) is 0 Å². The van der Waals surface area contributed by atoms with Gasteiger partial charge in [-0.25, -0.2) is 0 Å². The lowest BCUT2D eigenvalue weighted by molar-refractivity contribution is 0.404. The van der Waals surface area contributed by atoms with Crippen molar-refractivity contribution in [3.8, 4) is 5.75 Å². The zero-order chi connectivity index (χ0) is 15.4. The van der Waals surface area contributed by atoms with Gasteiger partial charge in [-0.05, 0) is 30.8 Å². The normalized spacial score (nSPS) is 12.2. The van der Waals surface area contributed by atoms with E-state index in [1.54, 1.807) is 25.4 Å². The van der Waals surface area contributed by atoms with Gasteiger partial charge < -0.3 is 10.1 Å². The van der Waals surface area contributed by atoms with Crippen LogP contribution in [-0.2, 0) is 0 Å². The molecule has 0 aliphatic rings. The van der Waals surface area contributed by atoms with Crippen molar-refractivity contribution in [3.05, 3.63) is 56.8 Å². The first kappa shape index (κ1) is 16.4. The summed E-state index contributed by atoms with van der Waals surface area (Å²) in [4.78, 5) is 4.35. The molecule has 1 aromatic heterocycles. The number of ether oxygens (including phenoxy) is 1. The fourth-order valence-corrected chi connectivity index (χ4v) is 2.80. The topological polar surface area (TPSA) is 34.1 Å². The number of nitrogens with one attached hydrogen (secondary N) is 1. The van der Waals surface area contributed by atoms with E-state index in [2.05, 4.69) is 10.3 Å². The number of benzene rings is 1. The van der Waals surface area contributed by atoms with E-state index < -0.39 is 0 Å². The first-order valence-electron chi connectivity index (χ1n) is 6.44. The van der Waals surface area contributed by atoms with Gasteiger partial charge in [0.1, 0.15) is 5.75 Å². The predicted octanol–water partition coefficient (Wildman–Crippen LogP) is 4.75. The van der Waals surface area contributed by atoms with Gasteiger partial charge >= 0.3 is 0 Å². The first-order valence-corrected chi connectivity index (χ1v) is 7.58. The van der Waals surface area contributed by atoms with Crippen molar-refractivity contribution in [2.24, 2.45) is 0 Å². The summed E-state index contributed by atoms with van der Waals surface area (Å²) in [6.45, 7) is 2.74. The molecule has 1 heterocycles. The lowest BCUT2D eigenvalue weighted by Gasteiger charge is -2.21. The van der Waals surface area contributed by atoms with Crippen molar-refractivity contribution < 1.29 is 4.74 Å². The maximum atomic E-state index is 6.28. The van der Waals surface area contributed by atoms with Crippen LogP contribution >= 0.6 is 34.8 Å². The maximum Gasteiger partial charge on any atom is 0.124 e. The van der Waals surface area contributed by atoms with E-state index in [4.69, 9.17) is 39.5 Å². The molecule has 0 aliphatic carbocycles. The molecule has 1 aromatic carbocycles. The Labute approximate surface area is 139 Å². The van der Waals surface area contributed by atoms with Crippen molar-refractivity contribution >= 4 is 34.8 Å². The van der Waals surface area contributed by atoms with Crippen LogP contribution in [0.15, 0.2) is 30.5 Å².